The molecule has 30 heavy (non-hydrogen) atoms. The average Bonchev–Trinajstić information content (AvgIpc) is 3.49. The van der Waals surface area contributed by atoms with Crippen LogP contribution in [0.5, 0.6) is 0 Å². The Kier molecular flexibility index (Phi) is 7.06. The lowest BCUT2D eigenvalue weighted by Crippen LogP contribution is -2.25. The highest BCUT2D eigenvalue weighted by Crippen LogP contribution is 2.46. The van der Waals surface area contributed by atoms with Gasteiger partial charge in [0, 0.05) is 5.92 Å². The number of carbonyl (C=O) groups is 1. The number of hydrogen-bond acceptors (Lipinski definition) is 3. The number of benzene rings is 1. The summed E-state index contributed by atoms with van der Waals surface area (Å²) in [5, 5.41) is 19.4. The predicted octanol–water partition coefficient (Wildman–Crippen LogP) is 5.47. The normalized spacial score (nSPS) is 30.0. The fourth-order valence-corrected chi connectivity index (χ4v) is 5.54. The molecular weight excluding hydrogens is 376 g/mol. The third-order valence-electron chi connectivity index (χ3n) is 7.26. The lowest BCUT2D eigenvalue weighted by molar-refractivity contribution is 0.0696. The van der Waals surface area contributed by atoms with E-state index in [0.29, 0.717) is 29.6 Å². The number of allylic oxidation sites excluding steroid dienone is 1. The van der Waals surface area contributed by atoms with E-state index in [0.717, 1.165) is 43.6 Å². The minimum Gasteiger partial charge on any atom is -0.478 e. The Morgan fingerprint density at radius 3 is 2.57 bits per heavy atom. The van der Waals surface area contributed by atoms with Gasteiger partial charge in [-0.2, -0.15) is 0 Å². The van der Waals surface area contributed by atoms with E-state index in [1.165, 1.54) is 25.7 Å². The fourth-order valence-electron chi connectivity index (χ4n) is 5.54. The molecule has 0 amide bonds. The molecule has 0 radical (unpaired) electrons. The zero-order valence-corrected chi connectivity index (χ0v) is 17.7. The maximum absolute atomic E-state index is 11.0. The van der Waals surface area contributed by atoms with E-state index in [-0.39, 0.29) is 6.10 Å². The van der Waals surface area contributed by atoms with Gasteiger partial charge in [0.05, 0.1) is 23.9 Å². The van der Waals surface area contributed by atoms with E-state index in [1.807, 2.05) is 18.2 Å². The Hall–Kier alpha value is -1.91. The van der Waals surface area contributed by atoms with E-state index >= 15 is 0 Å². The minimum atomic E-state index is -0.898. The Morgan fingerprint density at radius 2 is 1.83 bits per heavy atom. The van der Waals surface area contributed by atoms with Crippen molar-refractivity contribution < 1.29 is 19.7 Å². The molecule has 1 aromatic carbocycles. The van der Waals surface area contributed by atoms with Gasteiger partial charge in [0.15, 0.2) is 0 Å². The summed E-state index contributed by atoms with van der Waals surface area (Å²) in [5.74, 6) is 0.756. The van der Waals surface area contributed by atoms with Crippen molar-refractivity contribution in [3.63, 3.8) is 0 Å². The largest absolute Gasteiger partial charge is 0.478 e. The van der Waals surface area contributed by atoms with E-state index in [9.17, 15) is 9.90 Å². The number of carboxylic acids is 1. The highest BCUT2D eigenvalue weighted by Gasteiger charge is 2.46. The highest BCUT2D eigenvalue weighted by atomic mass is 16.5. The molecule has 1 aliphatic carbocycles. The molecule has 2 N–H and O–H groups in total. The van der Waals surface area contributed by atoms with Crippen LogP contribution in [-0.4, -0.2) is 34.5 Å². The van der Waals surface area contributed by atoms with Crippen LogP contribution in [0.15, 0.2) is 42.5 Å². The second-order valence-electron chi connectivity index (χ2n) is 9.28. The van der Waals surface area contributed by atoms with Gasteiger partial charge in [-0.1, -0.05) is 62.1 Å². The van der Waals surface area contributed by atoms with Crippen LogP contribution in [0, 0.1) is 17.8 Å². The summed E-state index contributed by atoms with van der Waals surface area (Å²) in [7, 11) is 0. The van der Waals surface area contributed by atoms with Crippen molar-refractivity contribution in [2.75, 3.05) is 0 Å². The minimum absolute atomic E-state index is 0.293. The van der Waals surface area contributed by atoms with Crippen molar-refractivity contribution in [1.29, 1.82) is 0 Å². The number of hydrogen-bond donors (Lipinski definition) is 2. The monoisotopic (exact) mass is 410 g/mol. The lowest BCUT2D eigenvalue weighted by Gasteiger charge is -2.25. The van der Waals surface area contributed by atoms with Crippen LogP contribution in [0.2, 0.25) is 0 Å². The number of ether oxygens (including phenoxy) is 1. The Labute approximate surface area is 179 Å². The average molecular weight is 411 g/mol. The number of aromatic carboxylic acids is 1. The molecule has 2 saturated heterocycles. The van der Waals surface area contributed by atoms with E-state index in [2.05, 4.69) is 18.2 Å². The predicted molar refractivity (Wildman–Crippen MR) is 118 cm³/mol. The van der Waals surface area contributed by atoms with Gasteiger partial charge in [-0.25, -0.2) is 4.79 Å². The van der Waals surface area contributed by atoms with Gasteiger partial charge in [-0.15, -0.1) is 0 Å². The molecule has 1 saturated carbocycles. The molecule has 4 nitrogen and oxygen atoms in total. The van der Waals surface area contributed by atoms with Crippen LogP contribution >= 0.6 is 0 Å². The van der Waals surface area contributed by atoms with Crippen LogP contribution in [0.3, 0.4) is 0 Å². The van der Waals surface area contributed by atoms with Gasteiger partial charge in [-0.05, 0) is 61.6 Å². The second-order valence-corrected chi connectivity index (χ2v) is 9.28. The van der Waals surface area contributed by atoms with Crippen molar-refractivity contribution in [1.82, 2.24) is 0 Å². The number of carboxylic acid groups (broad SMARTS) is 1. The zero-order chi connectivity index (χ0) is 20.9. The number of fused-ring (bicyclic) bond motifs is 2. The Bertz CT molecular complexity index is 760. The summed E-state index contributed by atoms with van der Waals surface area (Å²) in [5.41, 5.74) is 1.32. The number of aliphatic hydroxyl groups excluding tert-OH is 1. The summed E-state index contributed by atoms with van der Waals surface area (Å²) in [4.78, 5) is 11.0. The molecule has 4 rings (SSSR count). The first-order valence-corrected chi connectivity index (χ1v) is 11.6. The standard InChI is InChI=1S/C26H34O4/c27-21(13-10-18-4-1-2-5-18)14-15-23-22(24-16-17-25(23)30-24)7-3-6-19-8-11-20(12-9-19)26(28)29/h3,6,8-9,11-12,14-15,18,21-25,27H,1-2,4-5,7,10,13,16-17H2,(H,28,29)/t21?,22-,23-,24-,25+/m1/s1. The molecule has 2 bridgehead atoms. The Morgan fingerprint density at radius 1 is 1.10 bits per heavy atom. The van der Waals surface area contributed by atoms with Crippen LogP contribution in [0.25, 0.3) is 6.08 Å². The van der Waals surface area contributed by atoms with Crippen LogP contribution in [0.4, 0.5) is 0 Å². The molecule has 0 aromatic heterocycles. The van der Waals surface area contributed by atoms with Crippen LogP contribution in [0.1, 0.15) is 73.7 Å². The van der Waals surface area contributed by atoms with Gasteiger partial charge in [0.25, 0.3) is 0 Å². The summed E-state index contributed by atoms with van der Waals surface area (Å²) in [6.45, 7) is 0. The summed E-state index contributed by atoms with van der Waals surface area (Å²) >= 11 is 0. The van der Waals surface area contributed by atoms with Crippen molar-refractivity contribution in [3.05, 3.63) is 53.6 Å². The van der Waals surface area contributed by atoms with Crippen molar-refractivity contribution in [3.8, 4) is 0 Å². The van der Waals surface area contributed by atoms with E-state index in [4.69, 9.17) is 9.84 Å². The Balaban J connectivity index is 1.30. The van der Waals surface area contributed by atoms with Crippen molar-refractivity contribution in [2.24, 2.45) is 17.8 Å². The first-order chi connectivity index (χ1) is 14.6. The summed E-state index contributed by atoms with van der Waals surface area (Å²) < 4.78 is 6.18. The molecule has 2 aliphatic heterocycles. The number of rotatable bonds is 9. The lowest BCUT2D eigenvalue weighted by atomic mass is 9.77. The fraction of sp³-hybridized carbons (Fsp3) is 0.577. The van der Waals surface area contributed by atoms with Crippen LogP contribution in [-0.2, 0) is 4.74 Å². The summed E-state index contributed by atoms with van der Waals surface area (Å²) in [6, 6.07) is 6.97. The first-order valence-electron chi connectivity index (χ1n) is 11.6. The molecular formula is C26H34O4. The topological polar surface area (TPSA) is 66.8 Å². The SMILES string of the molecule is O=C(O)c1ccc(C=CC[C@@H]2[C@@H](C=CC(O)CCC3CCCC3)[C@@H]3CC[C@H]2O3)cc1. The number of aliphatic hydroxyl groups is 1. The quantitative estimate of drug-likeness (QED) is 0.530. The first kappa shape index (κ1) is 21.3. The molecule has 3 fully saturated rings. The van der Waals surface area contributed by atoms with Gasteiger partial charge in [-0.3, -0.25) is 0 Å². The smallest absolute Gasteiger partial charge is 0.335 e. The van der Waals surface area contributed by atoms with E-state index < -0.39 is 5.97 Å². The van der Waals surface area contributed by atoms with Gasteiger partial charge < -0.3 is 14.9 Å². The highest BCUT2D eigenvalue weighted by molar-refractivity contribution is 5.87. The van der Waals surface area contributed by atoms with E-state index in [1.54, 1.807) is 12.1 Å². The van der Waals surface area contributed by atoms with Gasteiger partial charge >= 0.3 is 5.97 Å². The second kappa shape index (κ2) is 9.93. The molecule has 3 aliphatic rings. The van der Waals surface area contributed by atoms with Gasteiger partial charge in [0.2, 0.25) is 0 Å². The molecule has 4 heteroatoms. The third-order valence-corrected chi connectivity index (χ3v) is 7.26. The molecule has 162 valence electrons. The van der Waals surface area contributed by atoms with Crippen molar-refractivity contribution in [2.45, 2.75) is 76.1 Å². The molecule has 1 aromatic rings. The zero-order valence-electron chi connectivity index (χ0n) is 17.7. The third kappa shape index (κ3) is 5.22. The molecule has 0 spiro atoms. The molecule has 1 unspecified atom stereocenters. The molecule has 5 atom stereocenters. The van der Waals surface area contributed by atoms with Crippen molar-refractivity contribution >= 4 is 12.0 Å². The molecule has 2 heterocycles. The maximum Gasteiger partial charge on any atom is 0.335 e. The summed E-state index contributed by atoms with van der Waals surface area (Å²) in [6.07, 6.45) is 19.4. The maximum atomic E-state index is 11.0. The van der Waals surface area contributed by atoms with Gasteiger partial charge in [0.1, 0.15) is 0 Å². The van der Waals surface area contributed by atoms with Crippen LogP contribution < -0.4 is 0 Å².